The molecule has 0 aliphatic carbocycles. The molecule has 0 radical (unpaired) electrons. The number of carboxylic acid groups (broad SMARTS) is 1. The fourth-order valence-electron chi connectivity index (χ4n) is 1.40. The first kappa shape index (κ1) is 15.7. The van der Waals surface area contributed by atoms with Crippen molar-refractivity contribution in [1.29, 1.82) is 0 Å². The quantitative estimate of drug-likeness (QED) is 0.892. The van der Waals surface area contributed by atoms with Crippen molar-refractivity contribution in [3.8, 4) is 5.75 Å². The van der Waals surface area contributed by atoms with Crippen LogP contribution in [-0.2, 0) is 4.74 Å². The maximum Gasteiger partial charge on any atom is 0.412 e. The second-order valence-corrected chi connectivity index (χ2v) is 4.96. The monoisotopic (exact) mass is 285 g/mol. The van der Waals surface area contributed by atoms with E-state index < -0.39 is 29.0 Å². The third-order valence-electron chi connectivity index (χ3n) is 2.16. The van der Waals surface area contributed by atoms with E-state index >= 15 is 0 Å². The fourth-order valence-corrected chi connectivity index (χ4v) is 1.40. The van der Waals surface area contributed by atoms with Crippen molar-refractivity contribution in [2.24, 2.45) is 0 Å². The number of anilines is 1. The zero-order chi connectivity index (χ0) is 15.5. The van der Waals surface area contributed by atoms with E-state index in [1.54, 1.807) is 20.8 Å². The van der Waals surface area contributed by atoms with Crippen molar-refractivity contribution < 1.29 is 28.6 Å². The lowest BCUT2D eigenvalue weighted by atomic mass is 10.1. The number of carbonyl (C=O) groups is 2. The zero-order valence-corrected chi connectivity index (χ0v) is 11.6. The molecule has 0 fully saturated rings. The third-order valence-corrected chi connectivity index (χ3v) is 2.16. The van der Waals surface area contributed by atoms with Crippen LogP contribution in [0, 0.1) is 5.82 Å². The van der Waals surface area contributed by atoms with Gasteiger partial charge in [-0.1, -0.05) is 0 Å². The number of benzene rings is 1. The van der Waals surface area contributed by atoms with E-state index in [1.807, 2.05) is 0 Å². The highest BCUT2D eigenvalue weighted by Gasteiger charge is 2.21. The summed E-state index contributed by atoms with van der Waals surface area (Å²) in [7, 11) is 1.23. The average Bonchev–Trinajstić information content (AvgIpc) is 2.28. The minimum Gasteiger partial charge on any atom is -0.494 e. The molecule has 0 atom stereocenters. The number of amides is 1. The van der Waals surface area contributed by atoms with Gasteiger partial charge in [-0.05, 0) is 26.8 Å². The Kier molecular flexibility index (Phi) is 4.54. The van der Waals surface area contributed by atoms with Crippen LogP contribution in [0.1, 0.15) is 31.1 Å². The second-order valence-electron chi connectivity index (χ2n) is 4.96. The van der Waals surface area contributed by atoms with Gasteiger partial charge >= 0.3 is 12.1 Å². The molecule has 0 heterocycles. The van der Waals surface area contributed by atoms with E-state index in [4.69, 9.17) is 14.6 Å². The number of aromatic carboxylic acids is 1. The molecule has 110 valence electrons. The Bertz CT molecular complexity index is 536. The van der Waals surface area contributed by atoms with Crippen molar-refractivity contribution in [2.75, 3.05) is 12.4 Å². The van der Waals surface area contributed by atoms with Crippen LogP contribution in [0.5, 0.6) is 5.75 Å². The van der Waals surface area contributed by atoms with Gasteiger partial charge in [-0.2, -0.15) is 0 Å². The van der Waals surface area contributed by atoms with E-state index in [0.717, 1.165) is 12.1 Å². The summed E-state index contributed by atoms with van der Waals surface area (Å²) in [6.45, 7) is 4.99. The fraction of sp³-hybridized carbons (Fsp3) is 0.385. The van der Waals surface area contributed by atoms with Crippen LogP contribution < -0.4 is 10.1 Å². The second kappa shape index (κ2) is 5.77. The topological polar surface area (TPSA) is 84.9 Å². The molecule has 20 heavy (non-hydrogen) atoms. The summed E-state index contributed by atoms with van der Waals surface area (Å²) >= 11 is 0. The molecule has 7 heteroatoms. The van der Waals surface area contributed by atoms with Crippen LogP contribution in [0.15, 0.2) is 12.1 Å². The molecular formula is C13H16FNO5. The molecule has 1 rings (SSSR count). The number of ether oxygens (including phenoxy) is 2. The summed E-state index contributed by atoms with van der Waals surface area (Å²) in [6.07, 6.45) is -0.839. The molecule has 0 saturated heterocycles. The van der Waals surface area contributed by atoms with Crippen molar-refractivity contribution in [2.45, 2.75) is 26.4 Å². The van der Waals surface area contributed by atoms with Gasteiger partial charge in [-0.3, -0.25) is 5.32 Å². The Hall–Kier alpha value is -2.31. The molecule has 0 bridgehead atoms. The molecule has 0 spiro atoms. The van der Waals surface area contributed by atoms with Gasteiger partial charge < -0.3 is 14.6 Å². The lowest BCUT2D eigenvalue weighted by molar-refractivity contribution is 0.0636. The van der Waals surface area contributed by atoms with Gasteiger partial charge in [0.05, 0.1) is 18.4 Å². The molecule has 0 aromatic heterocycles. The van der Waals surface area contributed by atoms with E-state index in [2.05, 4.69) is 5.32 Å². The van der Waals surface area contributed by atoms with Crippen LogP contribution >= 0.6 is 0 Å². The summed E-state index contributed by atoms with van der Waals surface area (Å²) in [5, 5.41) is 11.3. The molecule has 1 aromatic carbocycles. The summed E-state index contributed by atoms with van der Waals surface area (Å²) in [6, 6.07) is 1.86. The van der Waals surface area contributed by atoms with E-state index in [9.17, 15) is 14.0 Å². The number of carboxylic acids is 1. The van der Waals surface area contributed by atoms with Crippen LogP contribution in [-0.4, -0.2) is 29.9 Å². The Morgan fingerprint density at radius 3 is 2.35 bits per heavy atom. The van der Waals surface area contributed by atoms with E-state index in [0.29, 0.717) is 0 Å². The normalized spacial score (nSPS) is 10.8. The maximum absolute atomic E-state index is 13.5. The number of halogens is 1. The maximum atomic E-state index is 13.5. The Labute approximate surface area is 115 Å². The molecule has 1 aromatic rings. The molecule has 6 nitrogen and oxygen atoms in total. The number of hydrogen-bond acceptors (Lipinski definition) is 4. The summed E-state index contributed by atoms with van der Waals surface area (Å²) in [5.74, 6) is -2.39. The standard InChI is InChI=1S/C13H16FNO5/c1-13(2,3)20-12(18)15-9-6-10(19-4)8(14)5-7(9)11(16)17/h5-6H,1-4H3,(H,15,18)(H,16,17). The SMILES string of the molecule is COc1cc(NC(=O)OC(C)(C)C)c(C(=O)O)cc1F. The molecular weight excluding hydrogens is 269 g/mol. The van der Waals surface area contributed by atoms with Crippen LogP contribution in [0.2, 0.25) is 0 Å². The first-order valence-electron chi connectivity index (χ1n) is 5.75. The lowest BCUT2D eigenvalue weighted by Gasteiger charge is -2.20. The van der Waals surface area contributed by atoms with Gasteiger partial charge in [-0.15, -0.1) is 0 Å². The molecule has 0 aliphatic heterocycles. The smallest absolute Gasteiger partial charge is 0.412 e. The number of nitrogens with one attached hydrogen (secondary N) is 1. The van der Waals surface area contributed by atoms with Gasteiger partial charge in [-0.25, -0.2) is 14.0 Å². The molecule has 0 aliphatic rings. The highest BCUT2D eigenvalue weighted by atomic mass is 19.1. The summed E-state index contributed by atoms with van der Waals surface area (Å²) < 4.78 is 23.2. The van der Waals surface area contributed by atoms with Gasteiger partial charge in [0.15, 0.2) is 11.6 Å². The number of carbonyl (C=O) groups excluding carboxylic acids is 1. The Morgan fingerprint density at radius 2 is 1.90 bits per heavy atom. The molecule has 2 N–H and O–H groups in total. The van der Waals surface area contributed by atoms with Crippen LogP contribution in [0.4, 0.5) is 14.9 Å². The van der Waals surface area contributed by atoms with Gasteiger partial charge in [0.2, 0.25) is 0 Å². The Balaban J connectivity index is 3.09. The van der Waals surface area contributed by atoms with Crippen molar-refractivity contribution in [3.05, 3.63) is 23.5 Å². The predicted octanol–water partition coefficient (Wildman–Crippen LogP) is 2.88. The number of methoxy groups -OCH3 is 1. The van der Waals surface area contributed by atoms with Gasteiger partial charge in [0.25, 0.3) is 0 Å². The van der Waals surface area contributed by atoms with Crippen molar-refractivity contribution in [3.63, 3.8) is 0 Å². The first-order valence-corrected chi connectivity index (χ1v) is 5.75. The largest absolute Gasteiger partial charge is 0.494 e. The molecule has 1 amide bonds. The van der Waals surface area contributed by atoms with Crippen molar-refractivity contribution >= 4 is 17.7 Å². The third kappa shape index (κ3) is 4.11. The Morgan fingerprint density at radius 1 is 1.30 bits per heavy atom. The lowest BCUT2D eigenvalue weighted by Crippen LogP contribution is -2.27. The summed E-state index contributed by atoms with van der Waals surface area (Å²) in [4.78, 5) is 22.7. The minimum absolute atomic E-state index is 0.106. The minimum atomic E-state index is -1.38. The number of hydrogen-bond donors (Lipinski definition) is 2. The zero-order valence-electron chi connectivity index (χ0n) is 11.6. The highest BCUT2D eigenvalue weighted by Crippen LogP contribution is 2.26. The van der Waals surface area contributed by atoms with E-state index in [-0.39, 0.29) is 11.4 Å². The van der Waals surface area contributed by atoms with Crippen LogP contribution in [0.3, 0.4) is 0 Å². The molecule has 0 unspecified atom stereocenters. The first-order chi connectivity index (χ1) is 9.14. The highest BCUT2D eigenvalue weighted by molar-refractivity contribution is 5.99. The van der Waals surface area contributed by atoms with E-state index in [1.165, 1.54) is 7.11 Å². The van der Waals surface area contributed by atoms with Crippen molar-refractivity contribution in [1.82, 2.24) is 0 Å². The summed E-state index contributed by atoms with van der Waals surface area (Å²) in [5.41, 5.74) is -1.24. The van der Waals surface area contributed by atoms with Gasteiger partial charge in [0.1, 0.15) is 5.60 Å². The predicted molar refractivity (Wildman–Crippen MR) is 69.8 cm³/mol. The average molecular weight is 285 g/mol. The van der Waals surface area contributed by atoms with Crippen LogP contribution in [0.25, 0.3) is 0 Å². The number of rotatable bonds is 3. The van der Waals surface area contributed by atoms with Gasteiger partial charge in [0, 0.05) is 6.07 Å². The molecule has 0 saturated carbocycles.